The van der Waals surface area contributed by atoms with Crippen molar-refractivity contribution < 1.29 is 18.1 Å². The van der Waals surface area contributed by atoms with Gasteiger partial charge in [0.2, 0.25) is 0 Å². The van der Waals surface area contributed by atoms with Crippen LogP contribution in [0.4, 0.5) is 0 Å². The first-order chi connectivity index (χ1) is 10.7. The predicted octanol–water partition coefficient (Wildman–Crippen LogP) is 6.27. The molecule has 5 heteroatoms. The van der Waals surface area contributed by atoms with Crippen LogP contribution < -0.4 is 0 Å². The molecule has 0 aliphatic heterocycles. The van der Waals surface area contributed by atoms with Crippen LogP contribution in [-0.4, -0.2) is 19.8 Å². The molecule has 0 aliphatic rings. The lowest BCUT2D eigenvalue weighted by atomic mass is 10.1. The van der Waals surface area contributed by atoms with Crippen LogP contribution in [0.2, 0.25) is 0 Å². The monoisotopic (exact) mass is 334 g/mol. The van der Waals surface area contributed by atoms with Crippen LogP contribution in [0.25, 0.3) is 0 Å². The number of phosphoric ester groups is 1. The van der Waals surface area contributed by atoms with Crippen molar-refractivity contribution in [3.05, 3.63) is 12.2 Å². The quantitative estimate of drug-likeness (QED) is 0.189. The summed E-state index contributed by atoms with van der Waals surface area (Å²) in [4.78, 5) is 0. The molecular formula is C17H35O4P. The lowest BCUT2D eigenvalue weighted by Gasteiger charge is -2.14. The van der Waals surface area contributed by atoms with E-state index in [1.165, 1.54) is 51.4 Å². The van der Waals surface area contributed by atoms with E-state index in [0.29, 0.717) is 13.2 Å². The Labute approximate surface area is 137 Å². The van der Waals surface area contributed by atoms with E-state index >= 15 is 0 Å². The third kappa shape index (κ3) is 13.5. The molecule has 0 saturated heterocycles. The van der Waals surface area contributed by atoms with Gasteiger partial charge in [0.15, 0.2) is 0 Å². The molecule has 0 aromatic heterocycles. The number of phosphoric acid groups is 1. The molecule has 0 N–H and O–H groups in total. The SMILES string of the molecule is CCCCCCCCCC/C=C\COP(=O)(OCC)OCC. The van der Waals surface area contributed by atoms with Gasteiger partial charge in [0.1, 0.15) is 0 Å². The van der Waals surface area contributed by atoms with Crippen LogP contribution in [0, 0.1) is 0 Å². The molecule has 22 heavy (non-hydrogen) atoms. The number of hydrogen-bond donors (Lipinski definition) is 0. The van der Waals surface area contributed by atoms with Crippen molar-refractivity contribution in [3.8, 4) is 0 Å². The van der Waals surface area contributed by atoms with Gasteiger partial charge in [-0.15, -0.1) is 0 Å². The van der Waals surface area contributed by atoms with E-state index in [9.17, 15) is 4.57 Å². The Morgan fingerprint density at radius 3 is 1.82 bits per heavy atom. The summed E-state index contributed by atoms with van der Waals surface area (Å²) in [5.41, 5.74) is 0. The molecule has 132 valence electrons. The zero-order valence-corrected chi connectivity index (χ0v) is 15.6. The van der Waals surface area contributed by atoms with Crippen molar-refractivity contribution in [3.63, 3.8) is 0 Å². The van der Waals surface area contributed by atoms with E-state index in [4.69, 9.17) is 13.6 Å². The van der Waals surface area contributed by atoms with Crippen LogP contribution in [0.1, 0.15) is 78.6 Å². The highest BCUT2D eigenvalue weighted by Crippen LogP contribution is 2.49. The number of rotatable bonds is 16. The first-order valence-corrected chi connectivity index (χ1v) is 10.3. The van der Waals surface area contributed by atoms with Gasteiger partial charge in [0.05, 0.1) is 19.8 Å². The molecule has 4 nitrogen and oxygen atoms in total. The van der Waals surface area contributed by atoms with Gasteiger partial charge in [-0.1, -0.05) is 64.0 Å². The fourth-order valence-corrected chi connectivity index (χ4v) is 3.27. The maximum atomic E-state index is 12.0. The molecule has 0 heterocycles. The second-order valence-corrected chi connectivity index (χ2v) is 6.98. The molecule has 0 radical (unpaired) electrons. The largest absolute Gasteiger partial charge is 0.475 e. The molecule has 0 bridgehead atoms. The average Bonchev–Trinajstić information content (AvgIpc) is 2.49. The Morgan fingerprint density at radius 1 is 0.727 bits per heavy atom. The minimum atomic E-state index is -3.35. The third-order valence-electron chi connectivity index (χ3n) is 3.29. The van der Waals surface area contributed by atoms with Crippen LogP contribution in [0.15, 0.2) is 12.2 Å². The van der Waals surface area contributed by atoms with Crippen LogP contribution in [-0.2, 0) is 18.1 Å². The Balaban J connectivity index is 3.52. The molecule has 0 saturated carbocycles. The number of unbranched alkanes of at least 4 members (excludes halogenated alkanes) is 8. The van der Waals surface area contributed by atoms with Crippen molar-refractivity contribution in [1.29, 1.82) is 0 Å². The van der Waals surface area contributed by atoms with Gasteiger partial charge in [0.25, 0.3) is 0 Å². The van der Waals surface area contributed by atoms with Gasteiger partial charge in [-0.2, -0.15) is 0 Å². The highest BCUT2D eigenvalue weighted by molar-refractivity contribution is 7.48. The minimum absolute atomic E-state index is 0.272. The fraction of sp³-hybridized carbons (Fsp3) is 0.882. The lowest BCUT2D eigenvalue weighted by molar-refractivity contribution is 0.131. The van der Waals surface area contributed by atoms with E-state index in [-0.39, 0.29) is 6.61 Å². The number of allylic oxidation sites excluding steroid dienone is 1. The maximum absolute atomic E-state index is 12.0. The summed E-state index contributed by atoms with van der Waals surface area (Å²) in [7, 11) is -3.35. The third-order valence-corrected chi connectivity index (χ3v) is 4.91. The molecule has 0 aromatic rings. The summed E-state index contributed by atoms with van der Waals surface area (Å²) < 4.78 is 27.3. The Hall–Kier alpha value is -0.150. The molecule has 0 rings (SSSR count). The van der Waals surface area contributed by atoms with Gasteiger partial charge in [-0.25, -0.2) is 4.57 Å². The molecular weight excluding hydrogens is 299 g/mol. The van der Waals surface area contributed by atoms with E-state index in [0.717, 1.165) is 6.42 Å². The highest BCUT2D eigenvalue weighted by atomic mass is 31.2. The van der Waals surface area contributed by atoms with Crippen LogP contribution in [0.3, 0.4) is 0 Å². The van der Waals surface area contributed by atoms with Crippen molar-refractivity contribution in [2.45, 2.75) is 78.6 Å². The number of hydrogen-bond acceptors (Lipinski definition) is 4. The molecule has 0 atom stereocenters. The average molecular weight is 334 g/mol. The van der Waals surface area contributed by atoms with E-state index in [1.54, 1.807) is 13.8 Å². The lowest BCUT2D eigenvalue weighted by Crippen LogP contribution is -2.00. The molecule has 0 unspecified atom stereocenters. The second kappa shape index (κ2) is 15.7. The molecule has 0 fully saturated rings. The fourth-order valence-electron chi connectivity index (χ4n) is 2.14. The van der Waals surface area contributed by atoms with Crippen molar-refractivity contribution in [2.24, 2.45) is 0 Å². The minimum Gasteiger partial charge on any atom is -0.287 e. The smallest absolute Gasteiger partial charge is 0.287 e. The van der Waals surface area contributed by atoms with E-state index < -0.39 is 7.82 Å². The molecule has 0 amide bonds. The summed E-state index contributed by atoms with van der Waals surface area (Å²) in [5, 5.41) is 0. The Bertz CT molecular complexity index is 295. The predicted molar refractivity (Wildman–Crippen MR) is 93.2 cm³/mol. The molecule has 0 aromatic carbocycles. The zero-order valence-electron chi connectivity index (χ0n) is 14.7. The zero-order chi connectivity index (χ0) is 16.5. The van der Waals surface area contributed by atoms with Gasteiger partial charge in [-0.05, 0) is 26.7 Å². The summed E-state index contributed by atoms with van der Waals surface area (Å²) in [6.45, 7) is 6.70. The Kier molecular flexibility index (Phi) is 15.6. The highest BCUT2D eigenvalue weighted by Gasteiger charge is 2.24. The van der Waals surface area contributed by atoms with Crippen molar-refractivity contribution in [2.75, 3.05) is 19.8 Å². The van der Waals surface area contributed by atoms with Gasteiger partial charge < -0.3 is 0 Å². The van der Waals surface area contributed by atoms with Crippen molar-refractivity contribution >= 4 is 7.82 Å². The first kappa shape index (κ1) is 21.9. The molecule has 0 spiro atoms. The normalized spacial score (nSPS) is 12.3. The van der Waals surface area contributed by atoms with Gasteiger partial charge in [0, 0.05) is 0 Å². The maximum Gasteiger partial charge on any atom is 0.475 e. The van der Waals surface area contributed by atoms with E-state index in [1.807, 2.05) is 6.08 Å². The van der Waals surface area contributed by atoms with Crippen LogP contribution >= 0.6 is 7.82 Å². The van der Waals surface area contributed by atoms with E-state index in [2.05, 4.69) is 13.0 Å². The van der Waals surface area contributed by atoms with Crippen LogP contribution in [0.5, 0.6) is 0 Å². The molecule has 0 aliphatic carbocycles. The summed E-state index contributed by atoms with van der Waals surface area (Å²) in [6.07, 6.45) is 15.7. The second-order valence-electron chi connectivity index (χ2n) is 5.31. The summed E-state index contributed by atoms with van der Waals surface area (Å²) in [6, 6.07) is 0. The van der Waals surface area contributed by atoms with Gasteiger partial charge in [-0.3, -0.25) is 13.6 Å². The van der Waals surface area contributed by atoms with Gasteiger partial charge >= 0.3 is 7.82 Å². The topological polar surface area (TPSA) is 44.8 Å². The standard InChI is InChI=1S/C17H35O4P/c1-4-7-8-9-10-11-12-13-14-15-16-17-21-22(18,19-5-2)20-6-3/h15-16H,4-14,17H2,1-3H3/b16-15-. The first-order valence-electron chi connectivity index (χ1n) is 8.87. The summed E-state index contributed by atoms with van der Waals surface area (Å²) >= 11 is 0. The summed E-state index contributed by atoms with van der Waals surface area (Å²) in [5.74, 6) is 0. The Morgan fingerprint density at radius 2 is 1.27 bits per heavy atom. The van der Waals surface area contributed by atoms with Crippen molar-refractivity contribution in [1.82, 2.24) is 0 Å².